The van der Waals surface area contributed by atoms with Crippen LogP contribution in [0.25, 0.3) is 23.0 Å². The number of aryl methyl sites for hydroxylation is 4. The van der Waals surface area contributed by atoms with E-state index in [4.69, 9.17) is 4.74 Å². The van der Waals surface area contributed by atoms with E-state index >= 15 is 0 Å². The second-order valence-corrected chi connectivity index (χ2v) is 34.1. The number of amides is 4. The number of hydrogen-bond acceptors (Lipinski definition) is 23. The highest BCUT2D eigenvalue weighted by Gasteiger charge is 2.53. The van der Waals surface area contributed by atoms with Gasteiger partial charge in [-0.25, -0.2) is 4.98 Å². The number of pyridine rings is 1. The van der Waals surface area contributed by atoms with Gasteiger partial charge in [0.2, 0.25) is 5.88 Å². The van der Waals surface area contributed by atoms with Gasteiger partial charge in [0, 0.05) is 34.5 Å². The third kappa shape index (κ3) is 22.0. The number of ketones is 4. The molecule has 140 heavy (non-hydrogen) atoms. The lowest BCUT2D eigenvalue weighted by atomic mass is 9.93. The Bertz CT molecular complexity index is 6580. The number of rotatable bonds is 19. The predicted molar refractivity (Wildman–Crippen MR) is 500 cm³/mol. The van der Waals surface area contributed by atoms with Gasteiger partial charge in [-0.3, -0.25) is 58.0 Å². The van der Waals surface area contributed by atoms with E-state index < -0.39 is 124 Å². The van der Waals surface area contributed by atoms with Gasteiger partial charge < -0.3 is 29.9 Å². The van der Waals surface area contributed by atoms with Crippen LogP contribution in [0, 0.1) is 27.7 Å². The number of Topliss-reactive ketones (excluding diaryl/α,β-unsaturated/α-hetero) is 4. The molecule has 4 N–H and O–H groups in total. The lowest BCUT2D eigenvalue weighted by Crippen LogP contribution is -2.30. The average Bonchev–Trinajstić information content (AvgIpc) is 1.61. The maximum absolute atomic E-state index is 13.2. The van der Waals surface area contributed by atoms with E-state index in [-0.39, 0.29) is 85.8 Å². The average molecular weight is 1920 g/mol. The van der Waals surface area contributed by atoms with Crippen LogP contribution in [-0.4, -0.2) is 126 Å². The number of carbonyl (C=O) groups is 8. The highest BCUT2D eigenvalue weighted by molar-refractivity contribution is 6.54. The van der Waals surface area contributed by atoms with Crippen molar-refractivity contribution in [3.05, 3.63) is 360 Å². The zero-order valence-corrected chi connectivity index (χ0v) is 77.4. The summed E-state index contributed by atoms with van der Waals surface area (Å²) in [5.41, 5.74) is 6.62. The van der Waals surface area contributed by atoms with Crippen LogP contribution < -0.4 is 29.1 Å². The third-order valence-electron chi connectivity index (χ3n) is 23.2. The molecule has 7 aromatic carbocycles. The number of aliphatic hydroxyl groups excluding tert-OH is 4. The molecule has 0 radical (unpaired) electrons. The molecule has 9 heterocycles. The quantitative estimate of drug-likeness (QED) is 0.0253. The first-order valence-electron chi connectivity index (χ1n) is 43.9. The number of anilines is 4. The number of nitrogens with zero attached hydrogens (tertiary/aromatic N) is 13. The van der Waals surface area contributed by atoms with Gasteiger partial charge in [0.25, 0.3) is 23.1 Å². The molecule has 4 saturated heterocycles. The van der Waals surface area contributed by atoms with Crippen molar-refractivity contribution in [1.29, 1.82) is 0 Å². The van der Waals surface area contributed by atoms with E-state index in [9.17, 15) is 98.3 Å². The van der Waals surface area contributed by atoms with Gasteiger partial charge in [-0.05, 0) is 194 Å². The Morgan fingerprint density at radius 2 is 0.550 bits per heavy atom. The molecule has 720 valence electrons. The fourth-order valence-corrected chi connectivity index (χ4v) is 15.7. The smallest absolute Gasteiger partial charge is 0.507 e. The summed E-state index contributed by atoms with van der Waals surface area (Å²) in [6.07, 6.45) is -12.5. The molecule has 4 aliphatic heterocycles. The first-order chi connectivity index (χ1) is 66.2. The van der Waals surface area contributed by atoms with Crippen molar-refractivity contribution in [2.45, 2.75) is 157 Å². The maximum Gasteiger partial charge on any atom is 0.573 e. The molecule has 0 bridgehead atoms. The molecule has 27 nitrogen and oxygen atoms in total. The van der Waals surface area contributed by atoms with Gasteiger partial charge in [-0.2, -0.15) is 46.7 Å². The molecule has 4 amide bonds. The fourth-order valence-electron chi connectivity index (χ4n) is 15.7. The van der Waals surface area contributed by atoms with Gasteiger partial charge in [-0.15, -0.1) is 33.6 Å². The van der Waals surface area contributed by atoms with E-state index in [1.54, 1.807) is 155 Å². The van der Waals surface area contributed by atoms with Crippen molar-refractivity contribution in [3.8, 4) is 11.6 Å². The Labute approximate surface area is 796 Å². The van der Waals surface area contributed by atoms with Gasteiger partial charge in [0.05, 0.1) is 87.0 Å². The largest absolute Gasteiger partial charge is 0.573 e. The zero-order valence-electron chi connectivity index (χ0n) is 77.4. The van der Waals surface area contributed by atoms with E-state index in [2.05, 4.69) is 64.4 Å². The minimum Gasteiger partial charge on any atom is -0.507 e. The van der Waals surface area contributed by atoms with E-state index in [0.717, 1.165) is 73.4 Å². The summed E-state index contributed by atoms with van der Waals surface area (Å²) in [6.45, 7) is 25.4. The maximum atomic E-state index is 13.2. The molecule has 4 aliphatic rings. The molecule has 16 rings (SSSR count). The summed E-state index contributed by atoms with van der Waals surface area (Å²) in [7, 11) is 0. The van der Waals surface area contributed by atoms with Crippen molar-refractivity contribution in [1.82, 2.24) is 45.8 Å². The van der Waals surface area contributed by atoms with E-state index in [1.165, 1.54) is 65.7 Å². The number of carbonyl (C=O) groups excluding carboxylic acids is 8. The first kappa shape index (κ1) is 101. The Morgan fingerprint density at radius 3 is 0.750 bits per heavy atom. The number of ether oxygens (including phenoxy) is 2. The molecule has 0 spiro atoms. The Hall–Kier alpha value is -16.3. The number of alkyl halides is 9. The number of aliphatic hydroxyl groups is 4. The highest BCUT2D eigenvalue weighted by Crippen LogP contribution is 2.49. The van der Waals surface area contributed by atoms with Crippen LogP contribution >= 0.6 is 0 Å². The molecular weight excluding hydrogens is 1830 g/mol. The predicted octanol–water partition coefficient (Wildman–Crippen LogP) is 20.9. The van der Waals surface area contributed by atoms with Crippen molar-refractivity contribution in [2.75, 3.05) is 26.2 Å². The van der Waals surface area contributed by atoms with Crippen LogP contribution in [0.1, 0.15) is 211 Å². The summed E-state index contributed by atoms with van der Waals surface area (Å²) in [4.78, 5) is 114. The van der Waals surface area contributed by atoms with Crippen LogP contribution in [0.2, 0.25) is 0 Å². The molecule has 4 fully saturated rings. The summed E-state index contributed by atoms with van der Waals surface area (Å²) in [5.74, 6) is -7.56. The fraction of sp³-hybridized carbons (Fsp3) is 0.240. The molecule has 12 aromatic rings. The van der Waals surface area contributed by atoms with Gasteiger partial charge in [0.15, 0.2) is 23.3 Å². The number of halogens is 9. The van der Waals surface area contributed by atoms with E-state index in [1.807, 2.05) is 60.6 Å². The van der Waals surface area contributed by atoms with Gasteiger partial charge in [0.1, 0.15) is 28.8 Å². The molecule has 5 aromatic heterocycles. The Morgan fingerprint density at radius 1 is 0.314 bits per heavy atom. The summed E-state index contributed by atoms with van der Waals surface area (Å²) in [6, 6.07) is 52.3. The zero-order chi connectivity index (χ0) is 102. The minimum atomic E-state index is -4.88. The summed E-state index contributed by atoms with van der Waals surface area (Å²) < 4.78 is 126. The molecular formula is C104H92F9N13O14. The van der Waals surface area contributed by atoms with Crippen molar-refractivity contribution >= 4 is 93.1 Å². The summed E-state index contributed by atoms with van der Waals surface area (Å²) >= 11 is 0. The Kier molecular flexibility index (Phi) is 30.1. The van der Waals surface area contributed by atoms with Gasteiger partial charge >= 0.3 is 42.3 Å². The summed E-state index contributed by atoms with van der Waals surface area (Å²) in [5, 5.41) is 76.6. The van der Waals surface area contributed by atoms with Crippen LogP contribution in [0.3, 0.4) is 0 Å². The lowest BCUT2D eigenvalue weighted by Gasteiger charge is -2.24. The standard InChI is InChI=1S/C26H22F3N3O4.2C26H22F3N3O3.C26H26N4O4/c1-14(2)16-5-7-18(8-6-16)23(33)21-22(17-9-11-19(12-10-17)36-26(27,28)29)32(25(35)24(21)34)20-13-4-15(3)30-31-20;2*1-14(2)16-5-7-18(8-6-16)23(33)21-22(17-9-11-19(12-10-17)26(27,28)29)32(25(35)24(21)34)20-13-4-15(3)30-31-20;1-5-34-21-13-11-19(14-27-21)23-22(24(31)18-9-7-17(8-10-18)15(2)3)25(32)26(33)30(23)20-12-6-16(4)28-29-20/h4-14,22,33H,1-3H3;2*4-14,22,33H,1-3H3;6-15,23,31H,5H2,1-4H3/t3*22-;23-/m0101/s1. The molecule has 0 unspecified atom stereocenters. The normalized spacial score (nSPS) is 17.7. The lowest BCUT2D eigenvalue weighted by molar-refractivity contribution is -0.274. The second-order valence-electron chi connectivity index (χ2n) is 34.1. The number of benzene rings is 7. The number of aromatic nitrogens is 9. The minimum absolute atomic E-state index is 0.0318. The van der Waals surface area contributed by atoms with Crippen LogP contribution in [0.15, 0.2) is 259 Å². The topological polar surface area (TPSA) is 365 Å². The number of hydrogen-bond donors (Lipinski definition) is 4. The Balaban J connectivity index is 0.000000157. The van der Waals surface area contributed by atoms with Gasteiger partial charge in [-0.1, -0.05) is 189 Å². The van der Waals surface area contributed by atoms with Crippen molar-refractivity contribution < 1.29 is 108 Å². The highest BCUT2D eigenvalue weighted by atomic mass is 19.4. The van der Waals surface area contributed by atoms with Crippen LogP contribution in [-0.2, 0) is 50.7 Å². The van der Waals surface area contributed by atoms with Crippen LogP contribution in [0.4, 0.5) is 62.8 Å². The van der Waals surface area contributed by atoms with Crippen molar-refractivity contribution in [2.24, 2.45) is 0 Å². The molecule has 36 heteroatoms. The molecule has 0 saturated carbocycles. The van der Waals surface area contributed by atoms with Crippen molar-refractivity contribution in [3.63, 3.8) is 0 Å². The third-order valence-corrected chi connectivity index (χ3v) is 23.2. The SMILES string of the molecule is CCOc1ccc([C@@H]2C(=C(O)c3ccc(C(C)C)cc3)C(=O)C(=O)N2c2ccc(C)nn2)cn1.Cc1ccc(N2C(=O)C(=O)C(=C(O)c3ccc(C(C)C)cc3)[C@@H]2c2ccc(C(F)(F)F)cc2)nn1.Cc1ccc(N2C(=O)C(=O)C(=C(O)c3ccc(C(C)C)cc3)[C@@H]2c2ccc(OC(F)(F)F)cc2)nn1.Cc1ccc(N2C(=O)C(=O)C(=C(O)c3ccc(C(C)C)cc3)[C@H]2c2ccc(C(F)(F)F)cc2)nn1. The van der Waals surface area contributed by atoms with Crippen LogP contribution in [0.5, 0.6) is 11.6 Å². The first-order valence-corrected chi connectivity index (χ1v) is 43.9. The molecule has 0 aliphatic carbocycles. The monoisotopic (exact) mass is 1920 g/mol. The second kappa shape index (κ2) is 41.7. The van der Waals surface area contributed by atoms with E-state index in [0.29, 0.717) is 69.0 Å². The molecule has 4 atom stereocenters.